The number of aromatic nitrogens is 1. The zero-order chi connectivity index (χ0) is 12.5. The molecule has 17 heavy (non-hydrogen) atoms. The molecular formula is C13H19N3O. The summed E-state index contributed by atoms with van der Waals surface area (Å²) in [6, 6.07) is 6.29. The monoisotopic (exact) mass is 233 g/mol. The van der Waals surface area contributed by atoms with Gasteiger partial charge in [0.15, 0.2) is 12.0 Å². The maximum absolute atomic E-state index is 6.07. The van der Waals surface area contributed by atoms with Crippen molar-refractivity contribution in [2.24, 2.45) is 5.73 Å². The third kappa shape index (κ3) is 2.84. The Morgan fingerprint density at radius 3 is 2.88 bits per heavy atom. The van der Waals surface area contributed by atoms with E-state index in [1.54, 1.807) is 0 Å². The fraction of sp³-hybridized carbons (Fsp3) is 0.462. The molecule has 2 aromatic rings. The van der Waals surface area contributed by atoms with Gasteiger partial charge in [-0.1, -0.05) is 6.07 Å². The Hall–Kier alpha value is -1.39. The molecule has 2 rings (SSSR count). The number of nitrogens with two attached hydrogens (primary N) is 1. The molecule has 4 heteroatoms. The summed E-state index contributed by atoms with van der Waals surface area (Å²) in [5.74, 6) is 0. The van der Waals surface area contributed by atoms with Gasteiger partial charge >= 0.3 is 0 Å². The molecule has 0 amide bonds. The van der Waals surface area contributed by atoms with Crippen molar-refractivity contribution in [1.82, 2.24) is 10.3 Å². The Balaban J connectivity index is 2.29. The largest absolute Gasteiger partial charge is 0.443 e. The molecule has 0 fully saturated rings. The van der Waals surface area contributed by atoms with E-state index >= 15 is 0 Å². The van der Waals surface area contributed by atoms with E-state index in [4.69, 9.17) is 10.2 Å². The second kappa shape index (κ2) is 4.47. The van der Waals surface area contributed by atoms with Crippen molar-refractivity contribution >= 4 is 11.1 Å². The molecule has 1 unspecified atom stereocenters. The quantitative estimate of drug-likeness (QED) is 0.850. The van der Waals surface area contributed by atoms with E-state index in [0.717, 1.165) is 17.5 Å². The minimum atomic E-state index is -0.204. The maximum Gasteiger partial charge on any atom is 0.181 e. The first kappa shape index (κ1) is 12.1. The lowest BCUT2D eigenvalue weighted by Crippen LogP contribution is -2.36. The van der Waals surface area contributed by atoms with Crippen LogP contribution in [-0.4, -0.2) is 17.6 Å². The van der Waals surface area contributed by atoms with Gasteiger partial charge in [0, 0.05) is 11.6 Å². The first-order chi connectivity index (χ1) is 7.99. The molecule has 0 aliphatic heterocycles. The van der Waals surface area contributed by atoms with Crippen molar-refractivity contribution in [2.75, 3.05) is 7.05 Å². The number of hydrogen-bond donors (Lipinski definition) is 2. The van der Waals surface area contributed by atoms with Gasteiger partial charge in [0.2, 0.25) is 0 Å². The van der Waals surface area contributed by atoms with Crippen molar-refractivity contribution in [3.05, 3.63) is 30.2 Å². The number of nitrogens with zero attached hydrogens (tertiary/aromatic N) is 1. The molecular weight excluding hydrogens is 214 g/mol. The molecule has 1 atom stereocenters. The Labute approximate surface area is 101 Å². The standard InChI is InChI=1S/C13H19N3O/c1-13(2,14)7-11(15-3)9-4-5-10-12(6-9)17-8-16-10/h4-6,8,11,15H,7,14H2,1-3H3. The predicted molar refractivity (Wildman–Crippen MR) is 68.7 cm³/mol. The Morgan fingerprint density at radius 1 is 1.47 bits per heavy atom. The summed E-state index contributed by atoms with van der Waals surface area (Å²) in [5.41, 5.74) is 8.74. The number of oxazole rings is 1. The first-order valence-corrected chi connectivity index (χ1v) is 5.79. The van der Waals surface area contributed by atoms with Crippen LogP contribution in [0.5, 0.6) is 0 Å². The number of nitrogens with one attached hydrogen (secondary N) is 1. The van der Waals surface area contributed by atoms with Crippen LogP contribution >= 0.6 is 0 Å². The molecule has 0 spiro atoms. The molecule has 0 bridgehead atoms. The van der Waals surface area contributed by atoms with Crippen LogP contribution in [0.1, 0.15) is 31.9 Å². The van der Waals surface area contributed by atoms with Gasteiger partial charge in [0.05, 0.1) is 0 Å². The van der Waals surface area contributed by atoms with Gasteiger partial charge in [0.25, 0.3) is 0 Å². The van der Waals surface area contributed by atoms with E-state index in [-0.39, 0.29) is 11.6 Å². The molecule has 4 nitrogen and oxygen atoms in total. The summed E-state index contributed by atoms with van der Waals surface area (Å²) in [6.45, 7) is 4.06. The number of rotatable bonds is 4. The zero-order valence-corrected chi connectivity index (χ0v) is 10.5. The van der Waals surface area contributed by atoms with Gasteiger partial charge in [-0.3, -0.25) is 0 Å². The van der Waals surface area contributed by atoms with Crippen LogP contribution in [0, 0.1) is 0 Å². The van der Waals surface area contributed by atoms with Gasteiger partial charge in [-0.2, -0.15) is 0 Å². The van der Waals surface area contributed by atoms with E-state index in [2.05, 4.69) is 16.4 Å². The molecule has 0 saturated heterocycles. The van der Waals surface area contributed by atoms with E-state index in [1.807, 2.05) is 33.0 Å². The lowest BCUT2D eigenvalue weighted by Gasteiger charge is -2.26. The lowest BCUT2D eigenvalue weighted by molar-refractivity contribution is 0.396. The fourth-order valence-electron chi connectivity index (χ4n) is 2.00. The smallest absolute Gasteiger partial charge is 0.181 e. The third-order valence-corrected chi connectivity index (χ3v) is 2.84. The van der Waals surface area contributed by atoms with Gasteiger partial charge < -0.3 is 15.5 Å². The van der Waals surface area contributed by atoms with Crippen LogP contribution in [0.25, 0.3) is 11.1 Å². The van der Waals surface area contributed by atoms with Crippen molar-refractivity contribution in [3.8, 4) is 0 Å². The van der Waals surface area contributed by atoms with Crippen LogP contribution in [0.3, 0.4) is 0 Å². The van der Waals surface area contributed by atoms with Gasteiger partial charge in [-0.05, 0) is 45.0 Å². The van der Waals surface area contributed by atoms with Crippen molar-refractivity contribution < 1.29 is 4.42 Å². The van der Waals surface area contributed by atoms with E-state index in [0.29, 0.717) is 0 Å². The number of hydrogen-bond acceptors (Lipinski definition) is 4. The highest BCUT2D eigenvalue weighted by Crippen LogP contribution is 2.25. The molecule has 3 N–H and O–H groups in total. The molecule has 1 heterocycles. The normalized spacial score (nSPS) is 14.1. The van der Waals surface area contributed by atoms with Crippen molar-refractivity contribution in [3.63, 3.8) is 0 Å². The van der Waals surface area contributed by atoms with Gasteiger partial charge in [0.1, 0.15) is 5.52 Å². The van der Waals surface area contributed by atoms with Crippen molar-refractivity contribution in [1.29, 1.82) is 0 Å². The Bertz CT molecular complexity index is 499. The molecule has 0 aliphatic rings. The zero-order valence-electron chi connectivity index (χ0n) is 10.5. The highest BCUT2D eigenvalue weighted by atomic mass is 16.3. The minimum absolute atomic E-state index is 0.204. The fourth-order valence-corrected chi connectivity index (χ4v) is 2.00. The average Bonchev–Trinajstić information content (AvgIpc) is 2.71. The van der Waals surface area contributed by atoms with E-state index in [1.165, 1.54) is 12.0 Å². The summed E-state index contributed by atoms with van der Waals surface area (Å²) in [5, 5.41) is 3.29. The molecule has 1 aromatic carbocycles. The molecule has 0 radical (unpaired) electrons. The topological polar surface area (TPSA) is 64.1 Å². The second-order valence-corrected chi connectivity index (χ2v) is 5.11. The minimum Gasteiger partial charge on any atom is -0.443 e. The summed E-state index contributed by atoms with van der Waals surface area (Å²) in [4.78, 5) is 4.11. The number of benzene rings is 1. The van der Waals surface area contributed by atoms with E-state index < -0.39 is 0 Å². The lowest BCUT2D eigenvalue weighted by atomic mass is 9.92. The summed E-state index contributed by atoms with van der Waals surface area (Å²) >= 11 is 0. The molecule has 1 aromatic heterocycles. The SMILES string of the molecule is CNC(CC(C)(C)N)c1ccc2ncoc2c1. The highest BCUT2D eigenvalue weighted by molar-refractivity contribution is 5.72. The Kier molecular flexibility index (Phi) is 3.17. The van der Waals surface area contributed by atoms with Crippen LogP contribution < -0.4 is 11.1 Å². The molecule has 0 aliphatic carbocycles. The Morgan fingerprint density at radius 2 is 2.24 bits per heavy atom. The van der Waals surface area contributed by atoms with Crippen LogP contribution in [0.2, 0.25) is 0 Å². The van der Waals surface area contributed by atoms with Crippen molar-refractivity contribution in [2.45, 2.75) is 31.8 Å². The second-order valence-electron chi connectivity index (χ2n) is 5.11. The molecule has 0 saturated carbocycles. The van der Waals surface area contributed by atoms with Crippen LogP contribution in [0.4, 0.5) is 0 Å². The maximum atomic E-state index is 6.07. The third-order valence-electron chi connectivity index (χ3n) is 2.84. The summed E-state index contributed by atoms with van der Waals surface area (Å²) < 4.78 is 5.31. The summed E-state index contributed by atoms with van der Waals surface area (Å²) in [7, 11) is 1.95. The molecule has 92 valence electrons. The van der Waals surface area contributed by atoms with Gasteiger partial charge in [-0.15, -0.1) is 0 Å². The summed E-state index contributed by atoms with van der Waals surface area (Å²) in [6.07, 6.45) is 2.33. The van der Waals surface area contributed by atoms with Crippen LogP contribution in [0.15, 0.2) is 29.0 Å². The van der Waals surface area contributed by atoms with Crippen LogP contribution in [-0.2, 0) is 0 Å². The number of fused-ring (bicyclic) bond motifs is 1. The highest BCUT2D eigenvalue weighted by Gasteiger charge is 2.19. The average molecular weight is 233 g/mol. The van der Waals surface area contributed by atoms with E-state index in [9.17, 15) is 0 Å². The predicted octanol–water partition coefficient (Wildman–Crippen LogP) is 2.22. The van der Waals surface area contributed by atoms with Gasteiger partial charge in [-0.25, -0.2) is 4.98 Å². The first-order valence-electron chi connectivity index (χ1n) is 5.79.